The minimum atomic E-state index is -1.22. The molecule has 1 aliphatic heterocycles. The molecule has 0 aliphatic carbocycles. The van der Waals surface area contributed by atoms with E-state index in [0.717, 1.165) is 11.3 Å². The summed E-state index contributed by atoms with van der Waals surface area (Å²) >= 11 is 1.54. The highest BCUT2D eigenvalue weighted by Crippen LogP contribution is 2.36. The number of aromatic nitrogens is 4. The van der Waals surface area contributed by atoms with Crippen molar-refractivity contribution in [1.29, 1.82) is 0 Å². The van der Waals surface area contributed by atoms with Gasteiger partial charge in [-0.3, -0.25) is 4.57 Å². The molecule has 0 amide bonds. The second-order valence-corrected chi connectivity index (χ2v) is 7.37. The Morgan fingerprint density at radius 1 is 1.18 bits per heavy atom. The molecule has 1 aromatic carbocycles. The van der Waals surface area contributed by atoms with E-state index in [1.54, 1.807) is 11.6 Å². The Balaban J connectivity index is 1.70. The molecule has 1 unspecified atom stereocenters. The maximum absolute atomic E-state index is 10.4. The molecule has 9 nitrogen and oxygen atoms in total. The van der Waals surface area contributed by atoms with E-state index in [2.05, 4.69) is 20.3 Å². The highest BCUT2D eigenvalue weighted by Gasteiger charge is 2.45. The van der Waals surface area contributed by atoms with Crippen LogP contribution in [0.5, 0.6) is 0 Å². The molecule has 10 heteroatoms. The fourth-order valence-corrected chi connectivity index (χ4v) is 4.12. The number of benzene rings is 1. The third-order valence-electron chi connectivity index (χ3n) is 4.66. The van der Waals surface area contributed by atoms with Crippen LogP contribution in [0.25, 0.3) is 11.2 Å². The number of rotatable bonds is 6. The van der Waals surface area contributed by atoms with Crippen LogP contribution < -0.4 is 5.32 Å². The van der Waals surface area contributed by atoms with Crippen molar-refractivity contribution < 1.29 is 20.1 Å². The summed E-state index contributed by atoms with van der Waals surface area (Å²) in [5.74, 6) is 1.15. The Kier molecular flexibility index (Phi) is 5.47. The summed E-state index contributed by atoms with van der Waals surface area (Å²) in [4.78, 5) is 13.2. The highest BCUT2D eigenvalue weighted by molar-refractivity contribution is 7.98. The van der Waals surface area contributed by atoms with Crippen molar-refractivity contribution in [2.45, 2.75) is 35.3 Å². The molecule has 4 N–H and O–H groups in total. The van der Waals surface area contributed by atoms with Crippen LogP contribution in [0.2, 0.25) is 0 Å². The van der Waals surface area contributed by atoms with E-state index < -0.39 is 31.1 Å². The number of fused-ring (bicyclic) bond motifs is 1. The van der Waals surface area contributed by atoms with E-state index >= 15 is 0 Å². The lowest BCUT2D eigenvalue weighted by molar-refractivity contribution is -0.0501. The van der Waals surface area contributed by atoms with Crippen LogP contribution in [0.4, 0.5) is 5.95 Å². The van der Waals surface area contributed by atoms with Gasteiger partial charge in [0.05, 0.1) is 6.61 Å². The second-order valence-electron chi connectivity index (χ2n) is 6.41. The minimum absolute atomic E-state index is 0.399. The van der Waals surface area contributed by atoms with Gasteiger partial charge in [0.25, 0.3) is 0 Å². The van der Waals surface area contributed by atoms with E-state index in [1.165, 1.54) is 18.1 Å². The summed E-state index contributed by atoms with van der Waals surface area (Å²) in [6.07, 6.45) is -2.80. The number of hydrogen-bond acceptors (Lipinski definition) is 9. The van der Waals surface area contributed by atoms with Gasteiger partial charge in [0.1, 0.15) is 35.2 Å². The molecule has 148 valence electrons. The Bertz CT molecular complexity index is 954. The average molecular weight is 403 g/mol. The van der Waals surface area contributed by atoms with Crippen molar-refractivity contribution in [2.24, 2.45) is 0 Å². The summed E-state index contributed by atoms with van der Waals surface area (Å²) < 4.78 is 7.26. The van der Waals surface area contributed by atoms with E-state index in [0.29, 0.717) is 22.1 Å². The number of nitrogens with zero attached hydrogens (tertiary/aromatic N) is 4. The summed E-state index contributed by atoms with van der Waals surface area (Å²) in [6.45, 7) is -0.399. The van der Waals surface area contributed by atoms with E-state index in [-0.39, 0.29) is 0 Å². The zero-order valence-corrected chi connectivity index (χ0v) is 16.0. The highest BCUT2D eigenvalue weighted by atomic mass is 32.2. The Morgan fingerprint density at radius 3 is 2.64 bits per heavy atom. The van der Waals surface area contributed by atoms with Crippen LogP contribution in [-0.4, -0.2) is 66.8 Å². The van der Waals surface area contributed by atoms with Gasteiger partial charge in [0.2, 0.25) is 5.95 Å². The van der Waals surface area contributed by atoms with Crippen LogP contribution in [0.3, 0.4) is 0 Å². The summed E-state index contributed by atoms with van der Waals surface area (Å²) in [6, 6.07) is 10.0. The van der Waals surface area contributed by atoms with Crippen LogP contribution >= 0.6 is 11.8 Å². The molecule has 0 bridgehead atoms. The van der Waals surface area contributed by atoms with Crippen LogP contribution in [-0.2, 0) is 10.5 Å². The van der Waals surface area contributed by atoms with Gasteiger partial charge in [-0.05, 0) is 5.56 Å². The Labute approximate surface area is 165 Å². The second kappa shape index (κ2) is 8.02. The molecule has 3 aromatic rings. The molecule has 2 aromatic heterocycles. The molecule has 28 heavy (non-hydrogen) atoms. The number of nitrogens with one attached hydrogen (secondary N) is 1. The van der Waals surface area contributed by atoms with Gasteiger partial charge in [-0.25, -0.2) is 15.0 Å². The molecular formula is C18H21N5O4S. The van der Waals surface area contributed by atoms with Crippen molar-refractivity contribution in [3.8, 4) is 0 Å². The van der Waals surface area contributed by atoms with E-state index in [9.17, 15) is 15.3 Å². The zero-order valence-electron chi connectivity index (χ0n) is 15.1. The van der Waals surface area contributed by atoms with Gasteiger partial charge >= 0.3 is 0 Å². The molecule has 1 saturated heterocycles. The molecule has 1 aliphatic rings. The number of imidazole rings is 1. The van der Waals surface area contributed by atoms with Crippen LogP contribution in [0.1, 0.15) is 11.8 Å². The number of ether oxygens (including phenoxy) is 1. The molecule has 0 saturated carbocycles. The fourth-order valence-electron chi connectivity index (χ4n) is 3.23. The maximum atomic E-state index is 10.4. The number of aliphatic hydroxyl groups is 3. The first-order valence-corrected chi connectivity index (χ1v) is 9.82. The standard InChI is InChI=1S/C18H21N5O4S/c1-19-18-22-12-15(23(18)17-14(26)13(25)11(7-24)27-17)20-9-21-16(12)28-8-10-5-3-2-4-6-10/h2-6,9,11,13-14,17,24-26H,7-8H2,1H3,(H,19,22)/t11-,13-,14-,17?/m1/s1. The summed E-state index contributed by atoms with van der Waals surface area (Å²) in [5, 5.41) is 33.6. The third kappa shape index (κ3) is 3.33. The largest absolute Gasteiger partial charge is 0.394 e. The number of hydrogen-bond donors (Lipinski definition) is 4. The quantitative estimate of drug-likeness (QED) is 0.349. The Morgan fingerprint density at radius 2 is 1.96 bits per heavy atom. The van der Waals surface area contributed by atoms with Crippen molar-refractivity contribution in [1.82, 2.24) is 19.5 Å². The fraction of sp³-hybridized carbons (Fsp3) is 0.389. The van der Waals surface area contributed by atoms with E-state index in [4.69, 9.17) is 4.74 Å². The van der Waals surface area contributed by atoms with Gasteiger partial charge in [-0.2, -0.15) is 0 Å². The summed E-state index contributed by atoms with van der Waals surface area (Å²) in [5.41, 5.74) is 2.21. The van der Waals surface area contributed by atoms with Crippen molar-refractivity contribution >= 4 is 28.9 Å². The molecular weight excluding hydrogens is 382 g/mol. The lowest BCUT2D eigenvalue weighted by Gasteiger charge is -2.18. The van der Waals surface area contributed by atoms with Gasteiger partial charge in [-0.1, -0.05) is 42.1 Å². The first-order chi connectivity index (χ1) is 13.6. The minimum Gasteiger partial charge on any atom is -0.394 e. The van der Waals surface area contributed by atoms with Crippen LogP contribution in [0.15, 0.2) is 41.7 Å². The zero-order chi connectivity index (χ0) is 19.7. The first kappa shape index (κ1) is 19.1. The van der Waals surface area contributed by atoms with Crippen molar-refractivity contribution in [2.75, 3.05) is 19.0 Å². The number of thioether (sulfide) groups is 1. The van der Waals surface area contributed by atoms with Crippen LogP contribution in [0, 0.1) is 0 Å². The molecule has 3 heterocycles. The van der Waals surface area contributed by atoms with Crippen molar-refractivity contribution in [3.63, 3.8) is 0 Å². The lowest BCUT2D eigenvalue weighted by atomic mass is 10.1. The number of anilines is 1. The third-order valence-corrected chi connectivity index (χ3v) is 5.71. The maximum Gasteiger partial charge on any atom is 0.207 e. The monoisotopic (exact) mass is 403 g/mol. The van der Waals surface area contributed by atoms with Gasteiger partial charge in [0, 0.05) is 12.8 Å². The Hall–Kier alpha value is -2.24. The molecule has 4 rings (SSSR count). The molecule has 0 spiro atoms. The smallest absolute Gasteiger partial charge is 0.207 e. The average Bonchev–Trinajstić information content (AvgIpc) is 3.24. The number of aliphatic hydroxyl groups excluding tert-OH is 3. The topological polar surface area (TPSA) is 126 Å². The van der Waals surface area contributed by atoms with E-state index in [1.807, 2.05) is 30.3 Å². The van der Waals surface area contributed by atoms with Gasteiger partial charge in [0.15, 0.2) is 11.9 Å². The molecule has 4 atom stereocenters. The normalized spacial score (nSPS) is 24.7. The first-order valence-electron chi connectivity index (χ1n) is 8.84. The SMILES string of the molecule is CNc1nc2c(SCc3ccccc3)ncnc2n1C1O[C@H](CO)[C@@H](O)[C@H]1O. The van der Waals surface area contributed by atoms with Crippen molar-refractivity contribution in [3.05, 3.63) is 42.2 Å². The molecule has 0 radical (unpaired) electrons. The van der Waals surface area contributed by atoms with Gasteiger partial charge in [-0.15, -0.1) is 0 Å². The lowest BCUT2D eigenvalue weighted by Crippen LogP contribution is -2.33. The van der Waals surface area contributed by atoms with Gasteiger partial charge < -0.3 is 25.4 Å². The predicted octanol–water partition coefficient (Wildman–Crippen LogP) is 0.772. The summed E-state index contributed by atoms with van der Waals surface area (Å²) in [7, 11) is 1.70. The molecule has 1 fully saturated rings. The predicted molar refractivity (Wildman–Crippen MR) is 104 cm³/mol.